The second kappa shape index (κ2) is 12.2. The summed E-state index contributed by atoms with van der Waals surface area (Å²) in [7, 11) is -4.14. The first kappa shape index (κ1) is 26.7. The lowest BCUT2D eigenvalue weighted by Gasteiger charge is -2.32. The van der Waals surface area contributed by atoms with Crippen LogP contribution in [-0.2, 0) is 21.2 Å². The summed E-state index contributed by atoms with van der Waals surface area (Å²) in [6.07, 6.45) is 2.14. The molecule has 0 aliphatic heterocycles. The zero-order chi connectivity index (χ0) is 26.3. The zero-order valence-corrected chi connectivity index (χ0v) is 20.8. The van der Waals surface area contributed by atoms with Gasteiger partial charge in [0.2, 0.25) is 10.0 Å². The lowest BCUT2D eigenvalue weighted by molar-refractivity contribution is -0.0895. The standard InChI is InChI=1S/C26H30N2O8S/c29-19-10-12-22(13-11-19)37(32,33)28-25(35-20-8-4-5-9-20)24(30)23(16-18-6-2-1-3-7-18)27-26(31)36-21-14-15-34-17-21/h1-3,6-7,10-15,17,20,23-25,28-30H,4-5,8-9,16H2,(H,27,31)/t23-,24+,25?/m0/s1. The number of phenolic OH excluding ortho intramolecular Hbond substituents is 1. The number of benzene rings is 2. The number of hydrogen-bond acceptors (Lipinski definition) is 8. The molecule has 0 saturated heterocycles. The van der Waals surface area contributed by atoms with Gasteiger partial charge in [-0.1, -0.05) is 43.2 Å². The number of aliphatic hydroxyl groups excluding tert-OH is 1. The van der Waals surface area contributed by atoms with Crippen LogP contribution in [0.1, 0.15) is 31.2 Å². The van der Waals surface area contributed by atoms with Crippen LogP contribution in [0.2, 0.25) is 0 Å². The SMILES string of the molecule is O=C(N[C@@H](Cc1ccccc1)[C@@H](O)C(NS(=O)(=O)c1ccc(O)cc1)OC1CCCC1)Oc1ccoc1. The molecule has 1 aliphatic rings. The average molecular weight is 531 g/mol. The summed E-state index contributed by atoms with van der Waals surface area (Å²) in [5.41, 5.74) is 0.802. The maximum absolute atomic E-state index is 13.1. The van der Waals surface area contributed by atoms with E-state index in [1.165, 1.54) is 42.9 Å². The molecule has 4 rings (SSSR count). The number of sulfonamides is 1. The van der Waals surface area contributed by atoms with Crippen molar-refractivity contribution in [3.8, 4) is 11.5 Å². The van der Waals surface area contributed by atoms with E-state index < -0.39 is 34.5 Å². The molecule has 3 atom stereocenters. The van der Waals surface area contributed by atoms with Gasteiger partial charge in [-0.25, -0.2) is 13.2 Å². The van der Waals surface area contributed by atoms with E-state index in [9.17, 15) is 23.4 Å². The van der Waals surface area contributed by atoms with Crippen molar-refractivity contribution in [3.05, 3.63) is 78.8 Å². The Kier molecular flexibility index (Phi) is 8.82. The molecule has 0 radical (unpaired) electrons. The Bertz CT molecular complexity index is 1230. The monoisotopic (exact) mass is 530 g/mol. The fourth-order valence-electron chi connectivity index (χ4n) is 4.19. The number of amides is 1. The molecule has 10 nitrogen and oxygen atoms in total. The molecule has 1 fully saturated rings. The van der Waals surface area contributed by atoms with Crippen molar-refractivity contribution in [1.29, 1.82) is 0 Å². The number of furan rings is 1. The number of aromatic hydroxyl groups is 1. The van der Waals surface area contributed by atoms with Crippen molar-refractivity contribution in [2.24, 2.45) is 0 Å². The highest BCUT2D eigenvalue weighted by Crippen LogP contribution is 2.25. The molecule has 4 N–H and O–H groups in total. The number of carbonyl (C=O) groups excluding carboxylic acids is 1. The smallest absolute Gasteiger partial charge is 0.413 e. The predicted molar refractivity (Wildman–Crippen MR) is 133 cm³/mol. The number of hydrogen-bond donors (Lipinski definition) is 4. The number of ether oxygens (including phenoxy) is 2. The average Bonchev–Trinajstić information content (AvgIpc) is 3.58. The van der Waals surface area contributed by atoms with Crippen LogP contribution in [0.25, 0.3) is 0 Å². The van der Waals surface area contributed by atoms with Gasteiger partial charge in [0.15, 0.2) is 5.75 Å². The van der Waals surface area contributed by atoms with E-state index in [2.05, 4.69) is 10.0 Å². The number of aliphatic hydroxyl groups is 1. The van der Waals surface area contributed by atoms with Crippen molar-refractivity contribution in [2.75, 3.05) is 0 Å². The van der Waals surface area contributed by atoms with E-state index in [1.807, 2.05) is 30.3 Å². The lowest BCUT2D eigenvalue weighted by atomic mass is 10.0. The first-order chi connectivity index (χ1) is 17.8. The van der Waals surface area contributed by atoms with Crippen LogP contribution in [-0.4, -0.2) is 49.2 Å². The largest absolute Gasteiger partial charge is 0.508 e. The van der Waals surface area contributed by atoms with Gasteiger partial charge in [-0.3, -0.25) is 0 Å². The van der Waals surface area contributed by atoms with Crippen molar-refractivity contribution < 1.29 is 37.3 Å². The van der Waals surface area contributed by atoms with Crippen molar-refractivity contribution in [3.63, 3.8) is 0 Å². The summed E-state index contributed by atoms with van der Waals surface area (Å²) in [4.78, 5) is 12.5. The molecule has 1 aliphatic carbocycles. The third-order valence-electron chi connectivity index (χ3n) is 6.09. The Balaban J connectivity index is 1.58. The molecule has 1 aromatic heterocycles. The van der Waals surface area contributed by atoms with Gasteiger partial charge in [0.25, 0.3) is 0 Å². The second-order valence-electron chi connectivity index (χ2n) is 8.86. The van der Waals surface area contributed by atoms with Gasteiger partial charge in [-0.2, -0.15) is 4.72 Å². The Hall–Kier alpha value is -3.38. The first-order valence-corrected chi connectivity index (χ1v) is 13.5. The fourth-order valence-corrected chi connectivity index (χ4v) is 5.32. The molecule has 3 aromatic rings. The van der Waals surface area contributed by atoms with Gasteiger partial charge in [0.1, 0.15) is 24.3 Å². The van der Waals surface area contributed by atoms with Crippen molar-refractivity contribution in [2.45, 2.75) is 61.5 Å². The van der Waals surface area contributed by atoms with Crippen LogP contribution in [0.15, 0.2) is 82.5 Å². The maximum Gasteiger partial charge on any atom is 0.413 e. The van der Waals surface area contributed by atoms with Crippen molar-refractivity contribution in [1.82, 2.24) is 10.0 Å². The van der Waals surface area contributed by atoms with E-state index in [0.717, 1.165) is 31.2 Å². The van der Waals surface area contributed by atoms with Crippen LogP contribution >= 0.6 is 0 Å². The van der Waals surface area contributed by atoms with Crippen LogP contribution in [0.5, 0.6) is 11.5 Å². The predicted octanol–water partition coefficient (Wildman–Crippen LogP) is 3.31. The molecule has 1 amide bonds. The summed E-state index contributed by atoms with van der Waals surface area (Å²) in [6, 6.07) is 14.6. The Labute approximate surface area is 215 Å². The molecule has 1 saturated carbocycles. The summed E-state index contributed by atoms with van der Waals surface area (Å²) in [5, 5.41) is 23.6. The molecular formula is C26H30N2O8S. The Morgan fingerprint density at radius 1 is 1.05 bits per heavy atom. The molecule has 37 heavy (non-hydrogen) atoms. The van der Waals surface area contributed by atoms with E-state index in [1.54, 1.807) is 0 Å². The first-order valence-electron chi connectivity index (χ1n) is 12.0. The number of carbonyl (C=O) groups is 1. The molecule has 1 unspecified atom stereocenters. The lowest BCUT2D eigenvalue weighted by Crippen LogP contribution is -2.57. The minimum atomic E-state index is -4.14. The minimum Gasteiger partial charge on any atom is -0.508 e. The van der Waals surface area contributed by atoms with Gasteiger partial charge in [0.05, 0.1) is 23.3 Å². The summed E-state index contributed by atoms with van der Waals surface area (Å²) in [6.45, 7) is 0. The van der Waals surface area contributed by atoms with E-state index in [0.29, 0.717) is 0 Å². The quantitative estimate of drug-likeness (QED) is 0.276. The molecular weight excluding hydrogens is 500 g/mol. The third-order valence-corrected chi connectivity index (χ3v) is 7.52. The van der Waals surface area contributed by atoms with Crippen molar-refractivity contribution >= 4 is 16.1 Å². The topological polar surface area (TPSA) is 147 Å². The van der Waals surface area contributed by atoms with Gasteiger partial charge in [0, 0.05) is 6.07 Å². The van der Waals surface area contributed by atoms with Gasteiger partial charge >= 0.3 is 6.09 Å². The normalized spacial score (nSPS) is 16.7. The maximum atomic E-state index is 13.1. The third kappa shape index (κ3) is 7.56. The Morgan fingerprint density at radius 2 is 1.76 bits per heavy atom. The number of rotatable bonds is 11. The molecule has 11 heteroatoms. The molecule has 2 aromatic carbocycles. The summed E-state index contributed by atoms with van der Waals surface area (Å²) >= 11 is 0. The highest BCUT2D eigenvalue weighted by Gasteiger charge is 2.36. The molecule has 198 valence electrons. The summed E-state index contributed by atoms with van der Waals surface area (Å²) < 4.78 is 44.9. The second-order valence-corrected chi connectivity index (χ2v) is 10.6. The van der Waals surface area contributed by atoms with Gasteiger partial charge in [-0.15, -0.1) is 0 Å². The van der Waals surface area contributed by atoms with Crippen LogP contribution in [0.4, 0.5) is 4.79 Å². The zero-order valence-electron chi connectivity index (χ0n) is 20.0. The highest BCUT2D eigenvalue weighted by molar-refractivity contribution is 7.89. The van der Waals surface area contributed by atoms with Gasteiger partial charge in [-0.05, 0) is 49.1 Å². The Morgan fingerprint density at radius 3 is 2.41 bits per heavy atom. The van der Waals surface area contributed by atoms with Crippen LogP contribution < -0.4 is 14.8 Å². The van der Waals surface area contributed by atoms with E-state index in [-0.39, 0.29) is 28.9 Å². The number of nitrogens with one attached hydrogen (secondary N) is 2. The molecule has 0 spiro atoms. The number of phenols is 1. The minimum absolute atomic E-state index is 0.0824. The molecule has 1 heterocycles. The fraction of sp³-hybridized carbons (Fsp3) is 0.346. The highest BCUT2D eigenvalue weighted by atomic mass is 32.2. The van der Waals surface area contributed by atoms with Crippen LogP contribution in [0, 0.1) is 0 Å². The van der Waals surface area contributed by atoms with Gasteiger partial charge < -0.3 is 29.4 Å². The van der Waals surface area contributed by atoms with E-state index in [4.69, 9.17) is 13.9 Å². The summed E-state index contributed by atoms with van der Waals surface area (Å²) in [5.74, 6) is 0.0956. The van der Waals surface area contributed by atoms with E-state index >= 15 is 0 Å². The van der Waals surface area contributed by atoms with Crippen LogP contribution in [0.3, 0.4) is 0 Å². The molecule has 0 bridgehead atoms.